The molecule has 4 aromatic rings. The van der Waals surface area contributed by atoms with Crippen LogP contribution in [0.5, 0.6) is 11.9 Å². The highest BCUT2D eigenvalue weighted by Crippen LogP contribution is 2.46. The van der Waals surface area contributed by atoms with Crippen LogP contribution in [0.1, 0.15) is 66.3 Å². The van der Waals surface area contributed by atoms with Crippen molar-refractivity contribution < 1.29 is 22.1 Å². The van der Waals surface area contributed by atoms with E-state index in [0.717, 1.165) is 67.4 Å². The average molecular weight is 661 g/mol. The van der Waals surface area contributed by atoms with Gasteiger partial charge in [0.1, 0.15) is 4.90 Å². The molecule has 47 heavy (non-hydrogen) atoms. The van der Waals surface area contributed by atoms with E-state index in [9.17, 15) is 8.42 Å². The molecule has 2 aromatic heterocycles. The summed E-state index contributed by atoms with van der Waals surface area (Å²) in [6, 6.07) is 8.96. The van der Waals surface area contributed by atoms with Gasteiger partial charge in [-0.3, -0.25) is 0 Å². The summed E-state index contributed by atoms with van der Waals surface area (Å²) in [6.07, 6.45) is 7.66. The highest BCUT2D eigenvalue weighted by atomic mass is 32.2. The van der Waals surface area contributed by atoms with E-state index in [2.05, 4.69) is 48.8 Å². The SMILES string of the molecule is Cc1ccc(S(=O)(=O)Oc2nc(OCC3(CN(C)C)CC3)nc3c2CCN(c2c(C)c(C)cc4c2cnn4C2CCCCO2)C3)cc1. The molecule has 0 radical (unpaired) electrons. The number of hydrogen-bond acceptors (Lipinski definition) is 10. The maximum absolute atomic E-state index is 13.4. The number of aryl methyl sites for hydroxylation is 2. The molecule has 0 N–H and O–H groups in total. The number of nitrogens with zero attached hydrogens (tertiary/aromatic N) is 6. The molecule has 0 spiro atoms. The summed E-state index contributed by atoms with van der Waals surface area (Å²) in [4.78, 5) is 14.0. The standard InChI is InChI=1S/C35H44N6O5S/c1-23-9-11-26(12-10-23)47(42,43)46-33-27-13-16-40(20-29(27)37-34(38-33)45-22-35(14-15-35)21-39(4)5)32-25(3)24(2)18-30-28(32)19-36-41(30)31-8-6-7-17-44-31/h9-12,18-19,31H,6-8,13-17,20-22H2,1-5H3. The molecule has 11 nitrogen and oxygen atoms in total. The van der Waals surface area contributed by atoms with Gasteiger partial charge < -0.3 is 23.5 Å². The lowest BCUT2D eigenvalue weighted by Crippen LogP contribution is -2.33. The Kier molecular flexibility index (Phi) is 8.38. The lowest BCUT2D eigenvalue weighted by Gasteiger charge is -2.33. The van der Waals surface area contributed by atoms with Crippen LogP contribution >= 0.6 is 0 Å². The highest BCUT2D eigenvalue weighted by Gasteiger charge is 2.44. The number of ether oxygens (including phenoxy) is 2. The summed E-state index contributed by atoms with van der Waals surface area (Å²) >= 11 is 0. The molecular weight excluding hydrogens is 616 g/mol. The van der Waals surface area contributed by atoms with Gasteiger partial charge in [-0.15, -0.1) is 0 Å². The molecule has 3 aliphatic rings. The lowest BCUT2D eigenvalue weighted by molar-refractivity contribution is -0.0366. The number of rotatable bonds is 10. The van der Waals surface area contributed by atoms with Gasteiger partial charge in [0.25, 0.3) is 0 Å². The fourth-order valence-corrected chi connectivity index (χ4v) is 7.83. The second-order valence-corrected chi connectivity index (χ2v) is 15.3. The van der Waals surface area contributed by atoms with Crippen LogP contribution in [0.4, 0.5) is 5.69 Å². The number of benzene rings is 2. The highest BCUT2D eigenvalue weighted by molar-refractivity contribution is 7.87. The van der Waals surface area contributed by atoms with Crippen molar-refractivity contribution in [1.82, 2.24) is 24.6 Å². The topological polar surface area (TPSA) is 112 Å². The van der Waals surface area contributed by atoms with Crippen molar-refractivity contribution in [1.29, 1.82) is 0 Å². The molecule has 1 saturated carbocycles. The van der Waals surface area contributed by atoms with Crippen LogP contribution in [0.15, 0.2) is 41.4 Å². The van der Waals surface area contributed by atoms with Crippen LogP contribution in [0.3, 0.4) is 0 Å². The molecule has 1 aliphatic carbocycles. The van der Waals surface area contributed by atoms with Crippen molar-refractivity contribution in [2.75, 3.05) is 45.3 Å². The monoisotopic (exact) mass is 660 g/mol. The predicted molar refractivity (Wildman–Crippen MR) is 180 cm³/mol. The zero-order valence-corrected chi connectivity index (χ0v) is 28.8. The third-order valence-electron chi connectivity index (χ3n) is 9.75. The average Bonchev–Trinajstić information content (AvgIpc) is 3.68. The van der Waals surface area contributed by atoms with E-state index in [0.29, 0.717) is 37.4 Å². The molecule has 2 aliphatic heterocycles. The van der Waals surface area contributed by atoms with Crippen LogP contribution in [0.25, 0.3) is 10.9 Å². The van der Waals surface area contributed by atoms with E-state index in [1.165, 1.54) is 11.1 Å². The number of aromatic nitrogens is 4. The van der Waals surface area contributed by atoms with Crippen LogP contribution in [0.2, 0.25) is 0 Å². The van der Waals surface area contributed by atoms with Gasteiger partial charge >= 0.3 is 16.1 Å². The fraction of sp³-hybridized carbons (Fsp3) is 0.514. The zero-order valence-electron chi connectivity index (χ0n) is 28.0. The fourth-order valence-electron chi connectivity index (χ4n) is 6.92. The van der Waals surface area contributed by atoms with Crippen LogP contribution in [-0.2, 0) is 27.8 Å². The summed E-state index contributed by atoms with van der Waals surface area (Å²) in [5.41, 5.74) is 6.90. The Bertz CT molecular complexity index is 1900. The van der Waals surface area contributed by atoms with Gasteiger partial charge in [0.15, 0.2) is 6.23 Å². The second-order valence-electron chi connectivity index (χ2n) is 13.8. The van der Waals surface area contributed by atoms with E-state index in [1.807, 2.05) is 17.8 Å². The molecule has 4 heterocycles. The van der Waals surface area contributed by atoms with Crippen molar-refractivity contribution in [3.8, 4) is 11.9 Å². The molecule has 0 bridgehead atoms. The Balaban J connectivity index is 1.24. The van der Waals surface area contributed by atoms with Crippen LogP contribution < -0.4 is 13.8 Å². The molecule has 7 rings (SSSR count). The van der Waals surface area contributed by atoms with Crippen molar-refractivity contribution in [3.63, 3.8) is 0 Å². The third kappa shape index (κ3) is 6.42. The predicted octanol–water partition coefficient (Wildman–Crippen LogP) is 5.50. The quantitative estimate of drug-likeness (QED) is 0.202. The van der Waals surface area contributed by atoms with E-state index < -0.39 is 10.1 Å². The summed E-state index contributed by atoms with van der Waals surface area (Å²) in [5, 5.41) is 5.87. The van der Waals surface area contributed by atoms with E-state index in [1.54, 1.807) is 24.3 Å². The maximum atomic E-state index is 13.4. The first-order valence-corrected chi connectivity index (χ1v) is 18.0. The van der Waals surface area contributed by atoms with Gasteiger partial charge in [-0.2, -0.15) is 23.5 Å². The Morgan fingerprint density at radius 1 is 1.09 bits per heavy atom. The minimum absolute atomic E-state index is 0.0380. The van der Waals surface area contributed by atoms with E-state index in [-0.39, 0.29) is 28.4 Å². The lowest BCUT2D eigenvalue weighted by atomic mass is 9.99. The number of fused-ring (bicyclic) bond motifs is 2. The van der Waals surface area contributed by atoms with Gasteiger partial charge in [-0.1, -0.05) is 17.7 Å². The van der Waals surface area contributed by atoms with Gasteiger partial charge in [0.05, 0.1) is 36.2 Å². The second kappa shape index (κ2) is 12.4. The van der Waals surface area contributed by atoms with Crippen molar-refractivity contribution >= 4 is 26.7 Å². The first-order chi connectivity index (χ1) is 22.5. The van der Waals surface area contributed by atoms with Gasteiger partial charge in [0.2, 0.25) is 5.88 Å². The minimum Gasteiger partial charge on any atom is -0.463 e. The smallest absolute Gasteiger partial charge is 0.340 e. The van der Waals surface area contributed by atoms with E-state index >= 15 is 0 Å². The number of anilines is 1. The largest absolute Gasteiger partial charge is 0.463 e. The third-order valence-corrected chi connectivity index (χ3v) is 11.0. The summed E-state index contributed by atoms with van der Waals surface area (Å²) in [5.74, 6) is 0.0380. The molecule has 1 saturated heterocycles. The molecular formula is C35H44N6O5S. The maximum Gasteiger partial charge on any atom is 0.340 e. The molecule has 2 aromatic carbocycles. The van der Waals surface area contributed by atoms with Crippen molar-refractivity contribution in [3.05, 3.63) is 64.5 Å². The van der Waals surface area contributed by atoms with Crippen molar-refractivity contribution in [2.24, 2.45) is 5.41 Å². The zero-order chi connectivity index (χ0) is 32.9. The first-order valence-electron chi connectivity index (χ1n) is 16.5. The Morgan fingerprint density at radius 2 is 1.87 bits per heavy atom. The van der Waals surface area contributed by atoms with Gasteiger partial charge in [-0.25, -0.2) is 4.68 Å². The summed E-state index contributed by atoms with van der Waals surface area (Å²) in [7, 11) is -0.0159. The Hall–Kier alpha value is -3.74. The molecule has 1 unspecified atom stereocenters. The van der Waals surface area contributed by atoms with Crippen LogP contribution in [-0.4, -0.2) is 73.5 Å². The molecule has 1 atom stereocenters. The summed E-state index contributed by atoms with van der Waals surface area (Å²) in [6.45, 7) is 9.37. The molecule has 250 valence electrons. The minimum atomic E-state index is -4.13. The first kappa shape index (κ1) is 31.8. The van der Waals surface area contributed by atoms with Gasteiger partial charge in [0, 0.05) is 36.1 Å². The van der Waals surface area contributed by atoms with Crippen molar-refractivity contribution in [2.45, 2.75) is 77.0 Å². The molecule has 12 heteroatoms. The van der Waals surface area contributed by atoms with Gasteiger partial charge in [-0.05, 0) is 103 Å². The van der Waals surface area contributed by atoms with E-state index in [4.69, 9.17) is 23.7 Å². The normalized spacial score (nSPS) is 19.2. The number of hydrogen-bond donors (Lipinski definition) is 0. The van der Waals surface area contributed by atoms with Crippen LogP contribution in [0, 0.1) is 26.2 Å². The Labute approximate surface area is 277 Å². The molecule has 2 fully saturated rings. The Morgan fingerprint density at radius 3 is 2.57 bits per heavy atom. The molecule has 0 amide bonds. The summed E-state index contributed by atoms with van der Waals surface area (Å²) < 4.78 is 47.0.